The number of aryl methyl sites for hydroxylation is 1. The molecule has 8 heteroatoms. The molecule has 7 nitrogen and oxygen atoms in total. The number of rotatable bonds is 5. The van der Waals surface area contributed by atoms with Crippen molar-refractivity contribution in [2.45, 2.75) is 6.92 Å². The van der Waals surface area contributed by atoms with Gasteiger partial charge in [0.2, 0.25) is 0 Å². The summed E-state index contributed by atoms with van der Waals surface area (Å²) in [6.45, 7) is 1.91. The van der Waals surface area contributed by atoms with Crippen molar-refractivity contribution >= 4 is 29.0 Å². The molecule has 26 heavy (non-hydrogen) atoms. The summed E-state index contributed by atoms with van der Waals surface area (Å²) < 4.78 is 13.0. The van der Waals surface area contributed by atoms with Crippen LogP contribution in [0.25, 0.3) is 0 Å². The quantitative estimate of drug-likeness (QED) is 0.653. The van der Waals surface area contributed by atoms with Gasteiger partial charge in [0, 0.05) is 25.5 Å². The van der Waals surface area contributed by atoms with Crippen molar-refractivity contribution in [3.8, 4) is 0 Å². The zero-order valence-electron chi connectivity index (χ0n) is 14.2. The molecule has 0 atom stereocenters. The first-order chi connectivity index (χ1) is 12.6. The molecule has 1 amide bonds. The summed E-state index contributed by atoms with van der Waals surface area (Å²) in [5.41, 5.74) is 1.84. The molecule has 0 aliphatic carbocycles. The lowest BCUT2D eigenvalue weighted by atomic mass is 10.2. The van der Waals surface area contributed by atoms with Crippen LogP contribution in [0.1, 0.15) is 15.9 Å². The molecule has 0 aromatic carbocycles. The molecule has 0 unspecified atom stereocenters. The predicted octanol–water partition coefficient (Wildman–Crippen LogP) is 3.17. The summed E-state index contributed by atoms with van der Waals surface area (Å²) in [5, 5.41) is 8.72. The summed E-state index contributed by atoms with van der Waals surface area (Å²) in [6.07, 6.45) is 4.22. The Labute approximate surface area is 149 Å². The van der Waals surface area contributed by atoms with Crippen molar-refractivity contribution in [3.05, 3.63) is 65.9 Å². The Morgan fingerprint density at radius 3 is 2.54 bits per heavy atom. The van der Waals surface area contributed by atoms with Crippen LogP contribution in [-0.2, 0) is 0 Å². The van der Waals surface area contributed by atoms with E-state index in [0.717, 1.165) is 11.8 Å². The smallest absolute Gasteiger partial charge is 0.254 e. The molecule has 3 aromatic heterocycles. The maximum absolute atomic E-state index is 13.0. The van der Waals surface area contributed by atoms with Crippen LogP contribution >= 0.6 is 0 Å². The van der Waals surface area contributed by atoms with Gasteiger partial charge in [0.1, 0.15) is 23.3 Å². The maximum Gasteiger partial charge on any atom is 0.254 e. The first-order valence-electron chi connectivity index (χ1n) is 7.86. The monoisotopic (exact) mass is 352 g/mol. The summed E-state index contributed by atoms with van der Waals surface area (Å²) in [7, 11) is 1.55. The molecule has 0 fully saturated rings. The Hall–Kier alpha value is -3.55. The minimum atomic E-state index is -0.425. The Morgan fingerprint density at radius 1 is 1.04 bits per heavy atom. The van der Waals surface area contributed by atoms with Gasteiger partial charge in [-0.3, -0.25) is 4.79 Å². The van der Waals surface area contributed by atoms with Crippen molar-refractivity contribution in [1.82, 2.24) is 20.3 Å². The van der Waals surface area contributed by atoms with Crippen LogP contribution in [0.3, 0.4) is 0 Å². The van der Waals surface area contributed by atoms with Gasteiger partial charge in [-0.25, -0.2) is 19.3 Å². The molecule has 0 radical (unpaired) electrons. The zero-order chi connectivity index (χ0) is 18.5. The van der Waals surface area contributed by atoms with Gasteiger partial charge in [0.25, 0.3) is 5.91 Å². The number of hydrogen-bond acceptors (Lipinski definition) is 6. The van der Waals surface area contributed by atoms with E-state index in [1.54, 1.807) is 19.3 Å². The second-order valence-corrected chi connectivity index (χ2v) is 5.47. The molecule has 0 bridgehead atoms. The number of anilines is 4. The highest BCUT2D eigenvalue weighted by molar-refractivity contribution is 6.00. The number of halogens is 1. The number of carbonyl (C=O) groups is 1. The van der Waals surface area contributed by atoms with Crippen molar-refractivity contribution in [1.29, 1.82) is 0 Å². The van der Waals surface area contributed by atoms with Crippen LogP contribution in [0.4, 0.5) is 27.5 Å². The number of aromatic nitrogens is 3. The van der Waals surface area contributed by atoms with Crippen molar-refractivity contribution < 1.29 is 9.18 Å². The van der Waals surface area contributed by atoms with Gasteiger partial charge in [-0.1, -0.05) is 6.07 Å². The van der Waals surface area contributed by atoms with Gasteiger partial charge < -0.3 is 16.0 Å². The van der Waals surface area contributed by atoms with E-state index in [1.165, 1.54) is 18.3 Å². The van der Waals surface area contributed by atoms with Gasteiger partial charge in [0.15, 0.2) is 0 Å². The third kappa shape index (κ3) is 3.92. The van der Waals surface area contributed by atoms with Crippen LogP contribution in [-0.4, -0.2) is 27.9 Å². The number of amides is 1. The van der Waals surface area contributed by atoms with E-state index in [0.29, 0.717) is 28.7 Å². The number of carbonyl (C=O) groups excluding carboxylic acids is 1. The first-order valence-corrected chi connectivity index (χ1v) is 7.86. The highest BCUT2D eigenvalue weighted by Gasteiger charge is 2.14. The Morgan fingerprint density at radius 2 is 1.85 bits per heavy atom. The Kier molecular flexibility index (Phi) is 5.02. The summed E-state index contributed by atoms with van der Waals surface area (Å²) in [6, 6.07) is 8.21. The van der Waals surface area contributed by atoms with Gasteiger partial charge >= 0.3 is 0 Å². The van der Waals surface area contributed by atoms with Crippen molar-refractivity contribution in [3.63, 3.8) is 0 Å². The average Bonchev–Trinajstić information content (AvgIpc) is 2.65. The van der Waals surface area contributed by atoms with E-state index < -0.39 is 5.82 Å². The minimum Gasteiger partial charge on any atom is -0.355 e. The third-order valence-electron chi connectivity index (χ3n) is 3.62. The van der Waals surface area contributed by atoms with Crippen LogP contribution in [0.15, 0.2) is 48.9 Å². The Bertz CT molecular complexity index is 929. The second kappa shape index (κ2) is 7.56. The molecular formula is C18H17FN6O. The minimum absolute atomic E-state index is 0.278. The molecular weight excluding hydrogens is 335 g/mol. The van der Waals surface area contributed by atoms with E-state index in [1.807, 2.05) is 19.1 Å². The molecule has 3 heterocycles. The van der Waals surface area contributed by atoms with Crippen molar-refractivity contribution in [2.75, 3.05) is 17.7 Å². The molecule has 3 N–H and O–H groups in total. The Balaban J connectivity index is 1.94. The normalized spacial score (nSPS) is 10.3. The fourth-order valence-corrected chi connectivity index (χ4v) is 2.27. The van der Waals surface area contributed by atoms with Gasteiger partial charge in [-0.2, -0.15) is 0 Å². The number of nitrogens with one attached hydrogen (secondary N) is 3. The maximum atomic E-state index is 13.0. The SMILES string of the molecule is CNC(=O)c1cnc(Nc2ccc(F)cn2)cc1Nc1ncccc1C. The third-order valence-corrected chi connectivity index (χ3v) is 3.62. The average molecular weight is 352 g/mol. The molecule has 0 aliphatic rings. The van der Waals surface area contributed by atoms with Gasteiger partial charge in [-0.05, 0) is 30.7 Å². The van der Waals surface area contributed by atoms with Crippen LogP contribution < -0.4 is 16.0 Å². The highest BCUT2D eigenvalue weighted by atomic mass is 19.1. The van der Waals surface area contributed by atoms with Gasteiger partial charge in [0.05, 0.1) is 17.4 Å². The second-order valence-electron chi connectivity index (χ2n) is 5.47. The zero-order valence-corrected chi connectivity index (χ0v) is 14.2. The lowest BCUT2D eigenvalue weighted by Gasteiger charge is -2.14. The summed E-state index contributed by atoms with van der Waals surface area (Å²) in [5.74, 6) is 0.820. The van der Waals surface area contributed by atoms with Crippen molar-refractivity contribution in [2.24, 2.45) is 0 Å². The van der Waals surface area contributed by atoms with E-state index >= 15 is 0 Å². The van der Waals surface area contributed by atoms with Crippen LogP contribution in [0.5, 0.6) is 0 Å². The lowest BCUT2D eigenvalue weighted by Crippen LogP contribution is -2.20. The molecule has 0 saturated carbocycles. The van der Waals surface area contributed by atoms with E-state index in [2.05, 4.69) is 30.9 Å². The highest BCUT2D eigenvalue weighted by Crippen LogP contribution is 2.25. The molecule has 0 saturated heterocycles. The van der Waals surface area contributed by atoms with E-state index in [-0.39, 0.29) is 5.91 Å². The molecule has 3 aromatic rings. The molecule has 0 aliphatic heterocycles. The summed E-state index contributed by atoms with van der Waals surface area (Å²) in [4.78, 5) is 24.6. The number of nitrogens with zero attached hydrogens (tertiary/aromatic N) is 3. The van der Waals surface area contributed by atoms with Gasteiger partial charge in [-0.15, -0.1) is 0 Å². The first kappa shape index (κ1) is 17.3. The van der Waals surface area contributed by atoms with E-state index in [4.69, 9.17) is 0 Å². The number of hydrogen-bond donors (Lipinski definition) is 3. The fourth-order valence-electron chi connectivity index (χ4n) is 2.27. The largest absolute Gasteiger partial charge is 0.355 e. The van der Waals surface area contributed by atoms with Crippen LogP contribution in [0.2, 0.25) is 0 Å². The molecule has 132 valence electrons. The lowest BCUT2D eigenvalue weighted by molar-refractivity contribution is 0.0963. The summed E-state index contributed by atoms with van der Waals surface area (Å²) >= 11 is 0. The predicted molar refractivity (Wildman–Crippen MR) is 97.4 cm³/mol. The van der Waals surface area contributed by atoms with Crippen LogP contribution in [0, 0.1) is 12.7 Å². The molecule has 3 rings (SSSR count). The number of pyridine rings is 3. The standard InChI is InChI=1S/C18H17FN6O/c1-11-4-3-7-21-17(11)24-14-8-16(23-10-13(14)18(26)20-2)25-15-6-5-12(19)9-22-15/h3-10H,1-2H3,(H,20,26)(H2,21,22,23,24,25). The van der Waals surface area contributed by atoms with E-state index in [9.17, 15) is 9.18 Å². The fraction of sp³-hybridized carbons (Fsp3) is 0.111. The molecule has 0 spiro atoms. The topological polar surface area (TPSA) is 91.8 Å².